The first-order valence-corrected chi connectivity index (χ1v) is 8.51. The highest BCUT2D eigenvalue weighted by molar-refractivity contribution is 6.39. The molecular weight excluding hydrogens is 367 g/mol. The molecule has 0 heterocycles. The van der Waals surface area contributed by atoms with E-state index in [2.05, 4.69) is 16.0 Å². The van der Waals surface area contributed by atoms with Crippen molar-refractivity contribution < 1.29 is 14.4 Å². The van der Waals surface area contributed by atoms with Gasteiger partial charge in [-0.15, -0.1) is 0 Å². The van der Waals surface area contributed by atoms with E-state index in [0.717, 1.165) is 6.42 Å². The van der Waals surface area contributed by atoms with Crippen LogP contribution in [0.25, 0.3) is 0 Å². The topological polar surface area (TPSA) is 90.5 Å². The van der Waals surface area contributed by atoms with Crippen LogP contribution in [0.2, 0.25) is 10.0 Å². The normalized spacial score (nSPS) is 11.8. The van der Waals surface area contributed by atoms with Crippen LogP contribution >= 0.6 is 23.2 Å². The molecule has 25 heavy (non-hydrogen) atoms. The SMILES string of the molecule is CC[C@H](C)NC(=O)NC(=O)CN(C)CC(=O)Nc1c(Cl)cccc1Cl. The van der Waals surface area contributed by atoms with Crippen LogP contribution < -0.4 is 16.0 Å². The van der Waals surface area contributed by atoms with E-state index >= 15 is 0 Å². The maximum absolute atomic E-state index is 12.0. The number of urea groups is 1. The van der Waals surface area contributed by atoms with Crippen molar-refractivity contribution in [3.05, 3.63) is 28.2 Å². The molecule has 4 amide bonds. The van der Waals surface area contributed by atoms with Crippen LogP contribution in [-0.2, 0) is 9.59 Å². The summed E-state index contributed by atoms with van der Waals surface area (Å²) in [6.45, 7) is 3.57. The summed E-state index contributed by atoms with van der Waals surface area (Å²) in [5.41, 5.74) is 0.321. The van der Waals surface area contributed by atoms with Crippen molar-refractivity contribution in [3.63, 3.8) is 0 Å². The minimum atomic E-state index is -0.556. The number of para-hydroxylation sites is 1. The van der Waals surface area contributed by atoms with Gasteiger partial charge in [0.15, 0.2) is 0 Å². The zero-order chi connectivity index (χ0) is 19.0. The molecule has 7 nitrogen and oxygen atoms in total. The third kappa shape index (κ3) is 7.72. The molecule has 0 radical (unpaired) electrons. The van der Waals surface area contributed by atoms with Crippen molar-refractivity contribution in [1.82, 2.24) is 15.5 Å². The van der Waals surface area contributed by atoms with Gasteiger partial charge >= 0.3 is 6.03 Å². The lowest BCUT2D eigenvalue weighted by molar-refractivity contribution is -0.122. The van der Waals surface area contributed by atoms with Gasteiger partial charge in [-0.2, -0.15) is 0 Å². The molecule has 0 spiro atoms. The van der Waals surface area contributed by atoms with Gasteiger partial charge in [-0.1, -0.05) is 36.2 Å². The first-order chi connectivity index (χ1) is 11.7. The van der Waals surface area contributed by atoms with E-state index in [4.69, 9.17) is 23.2 Å². The molecule has 0 fully saturated rings. The number of nitrogens with zero attached hydrogens (tertiary/aromatic N) is 1. The van der Waals surface area contributed by atoms with Gasteiger partial charge in [0.05, 0.1) is 28.8 Å². The summed E-state index contributed by atoms with van der Waals surface area (Å²) in [6.07, 6.45) is 0.756. The first kappa shape index (κ1) is 21.2. The number of likely N-dealkylation sites (N-methyl/N-ethyl adjacent to an activating group) is 1. The van der Waals surface area contributed by atoms with E-state index in [1.54, 1.807) is 25.2 Å². The molecule has 9 heteroatoms. The van der Waals surface area contributed by atoms with Crippen LogP contribution in [0.3, 0.4) is 0 Å². The second-order valence-corrected chi connectivity index (χ2v) is 6.46. The van der Waals surface area contributed by atoms with E-state index < -0.39 is 11.9 Å². The smallest absolute Gasteiger partial charge is 0.321 e. The average molecular weight is 389 g/mol. The number of benzene rings is 1. The highest BCUT2D eigenvalue weighted by Gasteiger charge is 2.15. The third-order valence-electron chi connectivity index (χ3n) is 3.30. The van der Waals surface area contributed by atoms with E-state index in [9.17, 15) is 14.4 Å². The quantitative estimate of drug-likeness (QED) is 0.668. The summed E-state index contributed by atoms with van der Waals surface area (Å²) >= 11 is 12.0. The second kappa shape index (κ2) is 10.2. The molecule has 1 atom stereocenters. The fraction of sp³-hybridized carbons (Fsp3) is 0.438. The van der Waals surface area contributed by atoms with Crippen LogP contribution in [-0.4, -0.2) is 48.9 Å². The predicted molar refractivity (Wildman–Crippen MR) is 99.0 cm³/mol. The number of hydrogen-bond acceptors (Lipinski definition) is 4. The largest absolute Gasteiger partial charge is 0.335 e. The van der Waals surface area contributed by atoms with Crippen molar-refractivity contribution in [2.24, 2.45) is 0 Å². The predicted octanol–water partition coefficient (Wildman–Crippen LogP) is 2.49. The third-order valence-corrected chi connectivity index (χ3v) is 3.93. The Labute approximate surface area is 157 Å². The summed E-state index contributed by atoms with van der Waals surface area (Å²) in [5.74, 6) is -0.888. The number of hydrogen-bond donors (Lipinski definition) is 3. The van der Waals surface area contributed by atoms with Gasteiger partial charge in [0.25, 0.3) is 0 Å². The molecule has 0 aromatic heterocycles. The molecule has 1 aromatic rings. The molecule has 3 N–H and O–H groups in total. The number of rotatable bonds is 7. The van der Waals surface area contributed by atoms with Gasteiger partial charge < -0.3 is 10.6 Å². The Kier molecular flexibility index (Phi) is 8.68. The summed E-state index contributed by atoms with van der Waals surface area (Å²) in [7, 11) is 1.58. The van der Waals surface area contributed by atoms with Crippen LogP contribution in [0.5, 0.6) is 0 Å². The highest BCUT2D eigenvalue weighted by atomic mass is 35.5. The number of imide groups is 1. The van der Waals surface area contributed by atoms with Gasteiger partial charge in [0.1, 0.15) is 0 Å². The molecular formula is C16H22Cl2N4O3. The zero-order valence-corrected chi connectivity index (χ0v) is 15.9. The Morgan fingerprint density at radius 2 is 1.68 bits per heavy atom. The standard InChI is InChI=1S/C16H22Cl2N4O3/c1-4-10(2)19-16(25)21-14(24)9-22(3)8-13(23)20-15-11(17)6-5-7-12(15)18/h5-7,10H,4,8-9H2,1-3H3,(H,20,23)(H2,19,21,24,25)/t10-/m0/s1. The minimum absolute atomic E-state index is 0.0309. The number of anilines is 1. The molecule has 1 rings (SSSR count). The molecule has 0 aliphatic rings. The van der Waals surface area contributed by atoms with Gasteiger partial charge in [0.2, 0.25) is 11.8 Å². The van der Waals surface area contributed by atoms with Gasteiger partial charge in [0, 0.05) is 6.04 Å². The lowest BCUT2D eigenvalue weighted by atomic mass is 10.3. The number of halogens is 2. The Morgan fingerprint density at radius 1 is 1.12 bits per heavy atom. The average Bonchev–Trinajstić information content (AvgIpc) is 2.50. The Bertz CT molecular complexity index is 620. The fourth-order valence-electron chi connectivity index (χ4n) is 1.87. The second-order valence-electron chi connectivity index (χ2n) is 5.65. The molecule has 0 saturated heterocycles. The van der Waals surface area contributed by atoms with Crippen molar-refractivity contribution >= 4 is 46.7 Å². The molecule has 0 saturated carbocycles. The Morgan fingerprint density at radius 3 is 2.24 bits per heavy atom. The van der Waals surface area contributed by atoms with E-state index in [1.807, 2.05) is 13.8 Å². The molecule has 0 aliphatic heterocycles. The Hall–Kier alpha value is -1.83. The lowest BCUT2D eigenvalue weighted by Crippen LogP contribution is -2.47. The molecule has 0 unspecified atom stereocenters. The van der Waals surface area contributed by atoms with E-state index in [1.165, 1.54) is 4.90 Å². The van der Waals surface area contributed by atoms with Crippen LogP contribution in [0.4, 0.5) is 10.5 Å². The van der Waals surface area contributed by atoms with Crippen molar-refractivity contribution in [2.75, 3.05) is 25.5 Å². The summed E-state index contributed by atoms with van der Waals surface area (Å²) in [5, 5.41) is 8.08. The van der Waals surface area contributed by atoms with Crippen molar-refractivity contribution in [1.29, 1.82) is 0 Å². The van der Waals surface area contributed by atoms with Gasteiger partial charge in [-0.25, -0.2) is 4.79 Å². The fourth-order valence-corrected chi connectivity index (χ4v) is 2.36. The van der Waals surface area contributed by atoms with Gasteiger partial charge in [-0.05, 0) is 32.5 Å². The lowest BCUT2D eigenvalue weighted by Gasteiger charge is -2.17. The number of nitrogens with one attached hydrogen (secondary N) is 3. The van der Waals surface area contributed by atoms with E-state index in [0.29, 0.717) is 15.7 Å². The number of carbonyl (C=O) groups excluding carboxylic acids is 3. The Balaban J connectivity index is 2.45. The minimum Gasteiger partial charge on any atom is -0.335 e. The highest BCUT2D eigenvalue weighted by Crippen LogP contribution is 2.29. The monoisotopic (exact) mass is 388 g/mol. The molecule has 1 aromatic carbocycles. The van der Waals surface area contributed by atoms with Gasteiger partial charge in [-0.3, -0.25) is 19.8 Å². The zero-order valence-electron chi connectivity index (χ0n) is 14.4. The van der Waals surface area contributed by atoms with Crippen LogP contribution in [0.15, 0.2) is 18.2 Å². The maximum atomic E-state index is 12.0. The van der Waals surface area contributed by atoms with Crippen LogP contribution in [0, 0.1) is 0 Å². The van der Waals surface area contributed by atoms with Crippen molar-refractivity contribution in [2.45, 2.75) is 26.3 Å². The first-order valence-electron chi connectivity index (χ1n) is 7.75. The van der Waals surface area contributed by atoms with Crippen LogP contribution in [0.1, 0.15) is 20.3 Å². The summed E-state index contributed by atoms with van der Waals surface area (Å²) in [4.78, 5) is 36.9. The summed E-state index contributed by atoms with van der Waals surface area (Å²) in [6, 6.07) is 4.30. The summed E-state index contributed by atoms with van der Waals surface area (Å²) < 4.78 is 0. The molecule has 0 bridgehead atoms. The maximum Gasteiger partial charge on any atom is 0.321 e. The van der Waals surface area contributed by atoms with Crippen molar-refractivity contribution in [3.8, 4) is 0 Å². The number of carbonyl (C=O) groups is 3. The number of amides is 4. The molecule has 138 valence electrons. The molecule has 0 aliphatic carbocycles. The van der Waals surface area contributed by atoms with E-state index in [-0.39, 0.29) is 25.0 Å².